The van der Waals surface area contributed by atoms with Gasteiger partial charge in [0.05, 0.1) is 30.7 Å². The van der Waals surface area contributed by atoms with Crippen molar-refractivity contribution >= 4 is 32.3 Å². The van der Waals surface area contributed by atoms with Crippen LogP contribution in [0.25, 0.3) is 10.9 Å². The third kappa shape index (κ3) is 4.50. The maximum atomic E-state index is 12.4. The van der Waals surface area contributed by atoms with Gasteiger partial charge in [-0.05, 0) is 49.2 Å². The lowest BCUT2D eigenvalue weighted by atomic mass is 10.1. The van der Waals surface area contributed by atoms with Gasteiger partial charge < -0.3 is 10.1 Å². The van der Waals surface area contributed by atoms with Crippen molar-refractivity contribution in [1.29, 1.82) is 0 Å². The second kappa shape index (κ2) is 8.57. The summed E-state index contributed by atoms with van der Waals surface area (Å²) < 4.78 is 32.1. The second-order valence-corrected chi connectivity index (χ2v) is 9.58. The van der Waals surface area contributed by atoms with E-state index in [0.29, 0.717) is 17.8 Å². The van der Waals surface area contributed by atoms with Crippen molar-refractivity contribution < 1.29 is 13.2 Å². The summed E-state index contributed by atoms with van der Waals surface area (Å²) in [5, 5.41) is 4.38. The van der Waals surface area contributed by atoms with E-state index in [1.807, 2.05) is 60.7 Å². The van der Waals surface area contributed by atoms with E-state index < -0.39 is 10.0 Å². The van der Waals surface area contributed by atoms with Crippen LogP contribution < -0.4 is 5.32 Å². The van der Waals surface area contributed by atoms with Crippen molar-refractivity contribution in [3.05, 3.63) is 95.2 Å². The number of hydrogen-bond donors (Lipinski definition) is 1. The minimum atomic E-state index is -3.45. The van der Waals surface area contributed by atoms with Gasteiger partial charge in [0.2, 0.25) is 10.0 Å². The molecule has 4 aromatic rings. The minimum absolute atomic E-state index is 0.194. The van der Waals surface area contributed by atoms with Gasteiger partial charge in [-0.15, -0.1) is 0 Å². The lowest BCUT2D eigenvalue weighted by Gasteiger charge is -2.15. The molecule has 0 aliphatic carbocycles. The molecule has 31 heavy (non-hydrogen) atoms. The van der Waals surface area contributed by atoms with Crippen LogP contribution in [0, 0.1) is 13.8 Å². The number of benzene rings is 3. The number of rotatable bonds is 7. The number of aryl methyl sites for hydroxylation is 1. The Labute approximate surface area is 183 Å². The van der Waals surface area contributed by atoms with Gasteiger partial charge in [0, 0.05) is 22.3 Å². The number of nitrogens with zero attached hydrogens (tertiary/aromatic N) is 1. The standard InChI is InChI=1S/C25H26N2O3S/c1-18-9-8-13-23(19(18)2)26-24-12-6-4-11-21(24)16-30-17-22-15-20-10-5-7-14-25(20)27(22)31(3,28)29/h4-15,26H,16-17H2,1-3H3. The largest absolute Gasteiger partial charge is 0.370 e. The summed E-state index contributed by atoms with van der Waals surface area (Å²) >= 11 is 0. The van der Waals surface area contributed by atoms with Gasteiger partial charge in [0.25, 0.3) is 0 Å². The van der Waals surface area contributed by atoms with Crippen LogP contribution in [0.1, 0.15) is 22.4 Å². The minimum Gasteiger partial charge on any atom is -0.370 e. The Bertz CT molecular complexity index is 1340. The Hall–Kier alpha value is -3.09. The molecule has 4 rings (SSSR count). The predicted molar refractivity (Wildman–Crippen MR) is 126 cm³/mol. The van der Waals surface area contributed by atoms with Gasteiger partial charge in [-0.25, -0.2) is 12.4 Å². The van der Waals surface area contributed by atoms with Gasteiger partial charge in [0.1, 0.15) is 0 Å². The van der Waals surface area contributed by atoms with Crippen LogP contribution in [0.2, 0.25) is 0 Å². The van der Waals surface area contributed by atoms with Crippen molar-refractivity contribution in [3.63, 3.8) is 0 Å². The highest BCUT2D eigenvalue weighted by atomic mass is 32.2. The Balaban J connectivity index is 1.55. The first-order chi connectivity index (χ1) is 14.8. The molecule has 160 valence electrons. The SMILES string of the molecule is Cc1cccc(Nc2ccccc2COCc2cc3ccccc3n2S(C)(=O)=O)c1C. The van der Waals surface area contributed by atoms with Crippen LogP contribution in [0.5, 0.6) is 0 Å². The quantitative estimate of drug-likeness (QED) is 0.416. The van der Waals surface area contributed by atoms with Crippen LogP contribution in [0.4, 0.5) is 11.4 Å². The van der Waals surface area contributed by atoms with Crippen LogP contribution >= 0.6 is 0 Å². The average molecular weight is 435 g/mol. The molecule has 0 spiro atoms. The van der Waals surface area contributed by atoms with Crippen LogP contribution in [-0.4, -0.2) is 18.6 Å². The number of nitrogens with one attached hydrogen (secondary N) is 1. The number of anilines is 2. The van der Waals surface area contributed by atoms with Crippen molar-refractivity contribution in [2.75, 3.05) is 11.6 Å². The van der Waals surface area contributed by atoms with E-state index in [4.69, 9.17) is 4.74 Å². The van der Waals surface area contributed by atoms with Crippen LogP contribution in [0.15, 0.2) is 72.8 Å². The Kier molecular flexibility index (Phi) is 5.85. The summed E-state index contributed by atoms with van der Waals surface area (Å²) in [5.41, 5.74) is 6.75. The Morgan fingerprint density at radius 2 is 1.58 bits per heavy atom. The Morgan fingerprint density at radius 1 is 0.871 bits per heavy atom. The van der Waals surface area contributed by atoms with Gasteiger partial charge in [-0.1, -0.05) is 48.5 Å². The summed E-state index contributed by atoms with van der Waals surface area (Å²) in [7, 11) is -3.45. The fourth-order valence-corrected chi connectivity index (χ4v) is 4.80. The topological polar surface area (TPSA) is 60.3 Å². The molecule has 1 N–H and O–H groups in total. The first-order valence-corrected chi connectivity index (χ1v) is 12.0. The van der Waals surface area contributed by atoms with Crippen molar-refractivity contribution in [2.45, 2.75) is 27.1 Å². The fourth-order valence-electron chi connectivity index (χ4n) is 3.74. The lowest BCUT2D eigenvalue weighted by molar-refractivity contribution is 0.105. The molecule has 0 saturated carbocycles. The second-order valence-electron chi connectivity index (χ2n) is 7.74. The fraction of sp³-hybridized carbons (Fsp3) is 0.200. The summed E-state index contributed by atoms with van der Waals surface area (Å²) in [4.78, 5) is 0. The maximum Gasteiger partial charge on any atom is 0.236 e. The molecular formula is C25H26N2O3S. The molecule has 0 atom stereocenters. The molecule has 1 aromatic heterocycles. The van der Waals surface area contributed by atoms with Gasteiger partial charge in [-0.3, -0.25) is 0 Å². The molecule has 0 unspecified atom stereocenters. The third-order valence-electron chi connectivity index (χ3n) is 5.47. The first kappa shape index (κ1) is 21.2. The molecule has 3 aromatic carbocycles. The van der Waals surface area contributed by atoms with Crippen LogP contribution in [-0.2, 0) is 28.0 Å². The van der Waals surface area contributed by atoms with E-state index in [1.54, 1.807) is 0 Å². The highest BCUT2D eigenvalue weighted by molar-refractivity contribution is 7.89. The smallest absolute Gasteiger partial charge is 0.236 e. The first-order valence-electron chi connectivity index (χ1n) is 10.1. The molecule has 0 radical (unpaired) electrons. The van der Waals surface area contributed by atoms with Gasteiger partial charge in [-0.2, -0.15) is 0 Å². The number of aromatic nitrogens is 1. The average Bonchev–Trinajstić information content (AvgIpc) is 3.11. The number of hydrogen-bond acceptors (Lipinski definition) is 4. The molecule has 1 heterocycles. The zero-order chi connectivity index (χ0) is 22.0. The van der Waals surface area contributed by atoms with E-state index in [9.17, 15) is 8.42 Å². The van der Waals surface area contributed by atoms with E-state index in [0.717, 1.165) is 22.3 Å². The van der Waals surface area contributed by atoms with E-state index in [-0.39, 0.29) is 6.61 Å². The molecular weight excluding hydrogens is 408 g/mol. The zero-order valence-corrected chi connectivity index (χ0v) is 18.7. The Morgan fingerprint density at radius 3 is 2.39 bits per heavy atom. The highest BCUT2D eigenvalue weighted by Gasteiger charge is 2.16. The van der Waals surface area contributed by atoms with E-state index in [2.05, 4.69) is 31.3 Å². The summed E-state index contributed by atoms with van der Waals surface area (Å²) in [6, 6.07) is 23.5. The number of fused-ring (bicyclic) bond motifs is 1. The normalized spacial score (nSPS) is 11.7. The molecule has 5 nitrogen and oxygen atoms in total. The summed E-state index contributed by atoms with van der Waals surface area (Å²) in [6.07, 6.45) is 1.21. The molecule has 0 aliphatic rings. The molecule has 0 bridgehead atoms. The van der Waals surface area contributed by atoms with Gasteiger partial charge in [0.15, 0.2) is 0 Å². The van der Waals surface area contributed by atoms with Crippen molar-refractivity contribution in [1.82, 2.24) is 3.97 Å². The number of ether oxygens (including phenoxy) is 1. The summed E-state index contributed by atoms with van der Waals surface area (Å²) in [6.45, 7) is 4.75. The lowest BCUT2D eigenvalue weighted by Crippen LogP contribution is -2.14. The van der Waals surface area contributed by atoms with E-state index >= 15 is 0 Å². The van der Waals surface area contributed by atoms with Gasteiger partial charge >= 0.3 is 0 Å². The van der Waals surface area contributed by atoms with Crippen molar-refractivity contribution in [3.8, 4) is 0 Å². The van der Waals surface area contributed by atoms with Crippen molar-refractivity contribution in [2.24, 2.45) is 0 Å². The third-order valence-corrected chi connectivity index (χ3v) is 6.56. The van der Waals surface area contributed by atoms with E-state index in [1.165, 1.54) is 21.4 Å². The molecule has 0 amide bonds. The monoisotopic (exact) mass is 434 g/mol. The van der Waals surface area contributed by atoms with Crippen LogP contribution in [0.3, 0.4) is 0 Å². The highest BCUT2D eigenvalue weighted by Crippen LogP contribution is 2.27. The molecule has 6 heteroatoms. The number of para-hydroxylation sites is 2. The summed E-state index contributed by atoms with van der Waals surface area (Å²) in [5.74, 6) is 0. The molecule has 0 aliphatic heterocycles. The zero-order valence-electron chi connectivity index (χ0n) is 17.9. The predicted octanol–water partition coefficient (Wildman–Crippen LogP) is 5.53. The molecule has 0 fully saturated rings. The molecule has 0 saturated heterocycles. The maximum absolute atomic E-state index is 12.4.